The van der Waals surface area contributed by atoms with Gasteiger partial charge in [-0.3, -0.25) is 4.79 Å². The molecule has 0 unspecified atom stereocenters. The second kappa shape index (κ2) is 10.6. The van der Waals surface area contributed by atoms with Crippen LogP contribution in [0.1, 0.15) is 47.4 Å². The summed E-state index contributed by atoms with van der Waals surface area (Å²) in [5.41, 5.74) is -0.0604. The highest BCUT2D eigenvalue weighted by molar-refractivity contribution is 6.33. The van der Waals surface area contributed by atoms with E-state index in [0.29, 0.717) is 12.5 Å². The SMILES string of the molecule is O=C(N[C@H]1CC[C@H](CNCc2nnc(-c3ccccc3)[nH]2)CC1)c1cc(C(F)(F)F)ccc1Cl. The van der Waals surface area contributed by atoms with E-state index in [1.54, 1.807) is 0 Å². The first-order valence-corrected chi connectivity index (χ1v) is 11.5. The molecule has 4 rings (SSSR count). The third kappa shape index (κ3) is 6.15. The fraction of sp³-hybridized carbons (Fsp3) is 0.375. The summed E-state index contributed by atoms with van der Waals surface area (Å²) in [6, 6.07) is 12.5. The molecule has 1 fully saturated rings. The lowest BCUT2D eigenvalue weighted by Crippen LogP contribution is -2.39. The van der Waals surface area contributed by atoms with Crippen molar-refractivity contribution < 1.29 is 18.0 Å². The van der Waals surface area contributed by atoms with Crippen LogP contribution in [-0.4, -0.2) is 33.7 Å². The zero-order valence-electron chi connectivity index (χ0n) is 18.3. The molecule has 0 aliphatic heterocycles. The Hall–Kier alpha value is -2.91. The average Bonchev–Trinajstić information content (AvgIpc) is 3.29. The number of benzene rings is 2. The van der Waals surface area contributed by atoms with Crippen molar-refractivity contribution in [1.29, 1.82) is 0 Å². The van der Waals surface area contributed by atoms with Gasteiger partial charge in [-0.15, -0.1) is 10.2 Å². The molecule has 6 nitrogen and oxygen atoms in total. The van der Waals surface area contributed by atoms with Crippen molar-refractivity contribution in [2.24, 2.45) is 5.92 Å². The van der Waals surface area contributed by atoms with Crippen molar-refractivity contribution in [2.45, 2.75) is 44.4 Å². The molecule has 10 heteroatoms. The lowest BCUT2D eigenvalue weighted by Gasteiger charge is -2.29. The van der Waals surface area contributed by atoms with Crippen molar-refractivity contribution in [3.63, 3.8) is 0 Å². The predicted molar refractivity (Wildman–Crippen MR) is 123 cm³/mol. The summed E-state index contributed by atoms with van der Waals surface area (Å²) in [7, 11) is 0. The van der Waals surface area contributed by atoms with E-state index in [1.165, 1.54) is 0 Å². The average molecular weight is 492 g/mol. The Kier molecular flexibility index (Phi) is 7.53. The Morgan fingerprint density at radius 2 is 1.79 bits per heavy atom. The summed E-state index contributed by atoms with van der Waals surface area (Å²) in [4.78, 5) is 15.8. The summed E-state index contributed by atoms with van der Waals surface area (Å²) in [6.07, 6.45) is -1.20. The molecule has 1 aliphatic carbocycles. The highest BCUT2D eigenvalue weighted by Crippen LogP contribution is 2.32. The maximum atomic E-state index is 13.0. The van der Waals surface area contributed by atoms with Gasteiger partial charge < -0.3 is 15.6 Å². The maximum Gasteiger partial charge on any atom is 0.416 e. The number of rotatable bonds is 7. The first-order chi connectivity index (χ1) is 16.3. The summed E-state index contributed by atoms with van der Waals surface area (Å²) in [5, 5.41) is 14.6. The molecule has 3 aromatic rings. The smallest absolute Gasteiger partial charge is 0.349 e. The Bertz CT molecular complexity index is 1110. The Balaban J connectivity index is 1.21. The standard InChI is InChI=1S/C24H25ClF3N5O/c25-20-11-8-17(24(26,27)28)12-19(20)23(34)30-18-9-6-15(7-10-18)13-29-14-21-31-22(33-32-21)16-4-2-1-3-5-16/h1-5,8,11-12,15,18,29H,6-7,9-10,13-14H2,(H,30,34)(H,31,32,33)/t15-,18-. The molecule has 1 aliphatic rings. The molecule has 0 saturated heterocycles. The van der Waals surface area contributed by atoms with Crippen molar-refractivity contribution in [3.8, 4) is 11.4 Å². The van der Waals surface area contributed by atoms with Gasteiger partial charge in [0.25, 0.3) is 5.91 Å². The van der Waals surface area contributed by atoms with E-state index in [0.717, 1.165) is 67.6 Å². The van der Waals surface area contributed by atoms with Crippen LogP contribution < -0.4 is 10.6 Å². The number of hydrogen-bond donors (Lipinski definition) is 3. The van der Waals surface area contributed by atoms with Crippen molar-refractivity contribution in [3.05, 3.63) is 70.5 Å². The Labute approximate surface area is 200 Å². The Morgan fingerprint density at radius 1 is 1.06 bits per heavy atom. The number of amides is 1. The van der Waals surface area contributed by atoms with Crippen LogP contribution in [0.25, 0.3) is 11.4 Å². The van der Waals surface area contributed by atoms with E-state index in [9.17, 15) is 18.0 Å². The molecule has 3 N–H and O–H groups in total. The van der Waals surface area contributed by atoms with Gasteiger partial charge in [-0.2, -0.15) is 13.2 Å². The van der Waals surface area contributed by atoms with Gasteiger partial charge in [-0.05, 0) is 56.3 Å². The van der Waals surface area contributed by atoms with E-state index in [-0.39, 0.29) is 16.6 Å². The maximum absolute atomic E-state index is 13.0. The zero-order valence-corrected chi connectivity index (χ0v) is 19.1. The number of H-pyrrole nitrogens is 1. The molecule has 1 aromatic heterocycles. The lowest BCUT2D eigenvalue weighted by molar-refractivity contribution is -0.137. The molecule has 180 valence electrons. The minimum absolute atomic E-state index is 0.00576. The highest BCUT2D eigenvalue weighted by Gasteiger charge is 2.32. The first-order valence-electron chi connectivity index (χ1n) is 11.1. The minimum atomic E-state index is -4.53. The monoisotopic (exact) mass is 491 g/mol. The van der Waals surface area contributed by atoms with Crippen LogP contribution in [0.15, 0.2) is 48.5 Å². The number of nitrogens with one attached hydrogen (secondary N) is 3. The fourth-order valence-corrected chi connectivity index (χ4v) is 4.35. The second-order valence-corrected chi connectivity index (χ2v) is 8.91. The van der Waals surface area contributed by atoms with E-state index in [1.807, 2.05) is 30.3 Å². The molecule has 2 aromatic carbocycles. The van der Waals surface area contributed by atoms with Gasteiger partial charge >= 0.3 is 6.18 Å². The molecule has 0 bridgehead atoms. The molecular weight excluding hydrogens is 467 g/mol. The minimum Gasteiger partial charge on any atom is -0.349 e. The summed E-state index contributed by atoms with van der Waals surface area (Å²) < 4.78 is 38.9. The van der Waals surface area contributed by atoms with Crippen LogP contribution in [0.5, 0.6) is 0 Å². The summed E-state index contributed by atoms with van der Waals surface area (Å²) >= 11 is 5.98. The van der Waals surface area contributed by atoms with Crippen LogP contribution in [0.4, 0.5) is 13.2 Å². The van der Waals surface area contributed by atoms with Crippen molar-refractivity contribution in [1.82, 2.24) is 25.8 Å². The van der Waals surface area contributed by atoms with Crippen molar-refractivity contribution in [2.75, 3.05) is 6.54 Å². The van der Waals surface area contributed by atoms with E-state index in [4.69, 9.17) is 11.6 Å². The number of alkyl halides is 3. The number of carbonyl (C=O) groups excluding carboxylic acids is 1. The predicted octanol–water partition coefficient (Wildman–Crippen LogP) is 5.22. The van der Waals surface area contributed by atoms with Gasteiger partial charge in [0.05, 0.1) is 22.7 Å². The molecule has 0 radical (unpaired) electrons. The highest BCUT2D eigenvalue weighted by atomic mass is 35.5. The molecule has 1 heterocycles. The molecule has 0 atom stereocenters. The largest absolute Gasteiger partial charge is 0.416 e. The van der Waals surface area contributed by atoms with E-state index in [2.05, 4.69) is 25.8 Å². The third-order valence-electron chi connectivity index (χ3n) is 6.03. The number of nitrogens with zero attached hydrogens (tertiary/aromatic N) is 2. The second-order valence-electron chi connectivity index (χ2n) is 8.50. The number of aromatic nitrogens is 3. The van der Waals surface area contributed by atoms with Gasteiger partial charge in [-0.25, -0.2) is 0 Å². The number of hydrogen-bond acceptors (Lipinski definition) is 4. The van der Waals surface area contributed by atoms with Crippen LogP contribution >= 0.6 is 11.6 Å². The van der Waals surface area contributed by atoms with Gasteiger partial charge in [0, 0.05) is 11.6 Å². The number of carbonyl (C=O) groups is 1. The fourth-order valence-electron chi connectivity index (χ4n) is 4.15. The summed E-state index contributed by atoms with van der Waals surface area (Å²) in [5.74, 6) is 1.37. The zero-order chi connectivity index (χ0) is 24.1. The van der Waals surface area contributed by atoms with Gasteiger partial charge in [0.15, 0.2) is 5.82 Å². The number of aromatic amines is 1. The van der Waals surface area contributed by atoms with Gasteiger partial charge in [0.1, 0.15) is 5.82 Å². The van der Waals surface area contributed by atoms with Crippen LogP contribution in [0, 0.1) is 5.92 Å². The van der Waals surface area contributed by atoms with E-state index >= 15 is 0 Å². The Morgan fingerprint density at radius 3 is 2.50 bits per heavy atom. The molecule has 34 heavy (non-hydrogen) atoms. The van der Waals surface area contributed by atoms with E-state index < -0.39 is 17.6 Å². The molecule has 0 spiro atoms. The summed E-state index contributed by atoms with van der Waals surface area (Å²) in [6.45, 7) is 1.38. The number of halogens is 4. The molecular formula is C24H25ClF3N5O. The van der Waals surface area contributed by atoms with Gasteiger partial charge in [0.2, 0.25) is 0 Å². The topological polar surface area (TPSA) is 82.7 Å². The molecule has 1 saturated carbocycles. The lowest BCUT2D eigenvalue weighted by atomic mass is 9.86. The van der Waals surface area contributed by atoms with Gasteiger partial charge in [-0.1, -0.05) is 41.9 Å². The normalized spacial score (nSPS) is 18.6. The molecule has 1 amide bonds. The third-order valence-corrected chi connectivity index (χ3v) is 6.36. The van der Waals surface area contributed by atoms with Crippen LogP contribution in [-0.2, 0) is 12.7 Å². The van der Waals surface area contributed by atoms with Crippen molar-refractivity contribution >= 4 is 17.5 Å². The first kappa shape index (κ1) is 24.2. The quantitative estimate of drug-likeness (QED) is 0.423. The van der Waals surface area contributed by atoms with Crippen LogP contribution in [0.3, 0.4) is 0 Å². The van der Waals surface area contributed by atoms with Crippen LogP contribution in [0.2, 0.25) is 5.02 Å².